The van der Waals surface area contributed by atoms with Crippen LogP contribution in [-0.4, -0.2) is 0 Å². The van der Waals surface area contributed by atoms with Crippen LogP contribution in [0.25, 0.3) is 0 Å². The standard InChI is InChI=1S/C3H6.CH4.H3N/c1-3-2;;/h3H,1H2,2H3;1H4;1H3. The molecule has 0 heterocycles. The molecule has 0 aromatic carbocycles. The van der Waals surface area contributed by atoms with Crippen LogP contribution in [0.3, 0.4) is 0 Å². The predicted molar refractivity (Wildman–Crippen MR) is 27.6 cm³/mol. The summed E-state index contributed by atoms with van der Waals surface area (Å²) in [6.07, 6.45) is 1.75. The molecule has 0 fully saturated rings. The molecule has 0 aromatic rings. The Balaban J connectivity index is -0.0000000200. The summed E-state index contributed by atoms with van der Waals surface area (Å²) in [6, 6.07) is 0. The summed E-state index contributed by atoms with van der Waals surface area (Å²) in [5.41, 5.74) is 0. The molecule has 5 heavy (non-hydrogen) atoms. The van der Waals surface area contributed by atoms with Crippen molar-refractivity contribution in [3.8, 4) is 0 Å². The Labute approximate surface area is 34.3 Å². The third-order valence-electron chi connectivity index (χ3n) is 0. The topological polar surface area (TPSA) is 35.0 Å². The Morgan fingerprint density at radius 1 is 1.60 bits per heavy atom. The van der Waals surface area contributed by atoms with E-state index < -0.39 is 0 Å². The van der Waals surface area contributed by atoms with Crippen molar-refractivity contribution in [2.75, 3.05) is 0 Å². The van der Waals surface area contributed by atoms with E-state index >= 15 is 0 Å². The Bertz CT molecular complexity index is 11.1. The molecule has 0 saturated heterocycles. The first-order chi connectivity index (χ1) is 1.41. The van der Waals surface area contributed by atoms with E-state index in [0.717, 1.165) is 0 Å². The molecule has 0 atom stereocenters. The summed E-state index contributed by atoms with van der Waals surface area (Å²) >= 11 is 0. The van der Waals surface area contributed by atoms with E-state index in [0.29, 0.717) is 0 Å². The number of hydrogen-bond acceptors (Lipinski definition) is 1. The van der Waals surface area contributed by atoms with Crippen LogP contribution in [0.5, 0.6) is 0 Å². The number of hydrogen-bond donors (Lipinski definition) is 1. The van der Waals surface area contributed by atoms with Gasteiger partial charge in [-0.25, -0.2) is 0 Å². The molecule has 1 nitrogen and oxygen atoms in total. The second-order valence-electron chi connectivity index (χ2n) is 0.408. The van der Waals surface area contributed by atoms with Crippen molar-refractivity contribution in [1.29, 1.82) is 0 Å². The fraction of sp³-hybridized carbons (Fsp3) is 0.500. The van der Waals surface area contributed by atoms with E-state index in [-0.39, 0.29) is 13.6 Å². The molecule has 0 rings (SSSR count). The molecule has 1 heteroatoms. The molecule has 0 aliphatic heterocycles. The summed E-state index contributed by atoms with van der Waals surface area (Å²) < 4.78 is 0. The lowest BCUT2D eigenvalue weighted by Crippen LogP contribution is -1.07. The average molecular weight is 75.2 g/mol. The normalized spacial score (nSPS) is 2.60. The summed E-state index contributed by atoms with van der Waals surface area (Å²) in [4.78, 5) is 0. The van der Waals surface area contributed by atoms with Crippen LogP contribution in [0, 0.1) is 0 Å². The van der Waals surface area contributed by atoms with Crippen LogP contribution in [0.15, 0.2) is 12.7 Å². The Morgan fingerprint density at radius 2 is 1.60 bits per heavy atom. The molecule has 34 valence electrons. The SMILES string of the molecule is C.C=CC.N. The molecule has 0 amide bonds. The molecule has 0 aliphatic rings. The third kappa shape index (κ3) is 119. The maximum atomic E-state index is 3.36. The van der Waals surface area contributed by atoms with Crippen molar-refractivity contribution in [2.45, 2.75) is 14.4 Å². The van der Waals surface area contributed by atoms with Gasteiger partial charge < -0.3 is 6.15 Å². The highest BCUT2D eigenvalue weighted by Gasteiger charge is 1.15. The van der Waals surface area contributed by atoms with Gasteiger partial charge in [-0.05, 0) is 6.92 Å². The zero-order chi connectivity index (χ0) is 2.71. The molecule has 0 radical (unpaired) electrons. The van der Waals surface area contributed by atoms with Gasteiger partial charge in [0.15, 0.2) is 0 Å². The van der Waals surface area contributed by atoms with Crippen LogP contribution in [0.4, 0.5) is 0 Å². The van der Waals surface area contributed by atoms with Gasteiger partial charge in [-0.1, -0.05) is 13.5 Å². The lowest BCUT2D eigenvalue weighted by molar-refractivity contribution is 1.80. The van der Waals surface area contributed by atoms with Gasteiger partial charge in [-0.2, -0.15) is 0 Å². The van der Waals surface area contributed by atoms with E-state index in [1.807, 2.05) is 6.92 Å². The highest BCUT2D eigenvalue weighted by atomic mass is 14.0. The highest BCUT2D eigenvalue weighted by molar-refractivity contribution is 4.51. The van der Waals surface area contributed by atoms with Crippen molar-refractivity contribution in [3.63, 3.8) is 0 Å². The number of rotatable bonds is 0. The van der Waals surface area contributed by atoms with E-state index in [1.165, 1.54) is 0 Å². The van der Waals surface area contributed by atoms with Crippen molar-refractivity contribution >= 4 is 0 Å². The van der Waals surface area contributed by atoms with E-state index in [4.69, 9.17) is 0 Å². The van der Waals surface area contributed by atoms with Gasteiger partial charge in [0.1, 0.15) is 0 Å². The minimum atomic E-state index is 0. The van der Waals surface area contributed by atoms with Gasteiger partial charge in [0, 0.05) is 0 Å². The van der Waals surface area contributed by atoms with Gasteiger partial charge in [0.05, 0.1) is 0 Å². The molecular weight excluding hydrogens is 62.1 g/mol. The molecule has 0 aliphatic carbocycles. The Kier molecular flexibility index (Phi) is 245. The van der Waals surface area contributed by atoms with E-state index in [1.54, 1.807) is 6.08 Å². The van der Waals surface area contributed by atoms with Crippen molar-refractivity contribution in [1.82, 2.24) is 6.15 Å². The molecule has 0 unspecified atom stereocenters. The minimum absolute atomic E-state index is 0. The fourth-order valence-electron chi connectivity index (χ4n) is 0. The molecular formula is C4H13N. The highest BCUT2D eigenvalue weighted by Crippen LogP contribution is 1.38. The predicted octanol–water partition coefficient (Wildman–Crippen LogP) is 1.99. The second kappa shape index (κ2) is 55.0. The van der Waals surface area contributed by atoms with Crippen molar-refractivity contribution in [3.05, 3.63) is 12.7 Å². The molecule has 3 N–H and O–H groups in total. The van der Waals surface area contributed by atoms with Crippen molar-refractivity contribution in [2.24, 2.45) is 0 Å². The van der Waals surface area contributed by atoms with Crippen LogP contribution in [0.1, 0.15) is 14.4 Å². The fourth-order valence-corrected chi connectivity index (χ4v) is 0. The summed E-state index contributed by atoms with van der Waals surface area (Å²) in [7, 11) is 0. The first kappa shape index (κ1) is 22.3. The molecule has 0 spiro atoms. The molecule has 0 bridgehead atoms. The van der Waals surface area contributed by atoms with Gasteiger partial charge in [0.2, 0.25) is 0 Å². The van der Waals surface area contributed by atoms with Crippen LogP contribution in [0.2, 0.25) is 0 Å². The lowest BCUT2D eigenvalue weighted by Gasteiger charge is -1.31. The summed E-state index contributed by atoms with van der Waals surface area (Å²) in [6.45, 7) is 5.25. The van der Waals surface area contributed by atoms with Crippen molar-refractivity contribution < 1.29 is 0 Å². The first-order valence-corrected chi connectivity index (χ1v) is 0.986. The van der Waals surface area contributed by atoms with Gasteiger partial charge in [-0.3, -0.25) is 0 Å². The number of allylic oxidation sites excluding steroid dienone is 1. The summed E-state index contributed by atoms with van der Waals surface area (Å²) in [5, 5.41) is 0. The first-order valence-electron chi connectivity index (χ1n) is 0.986. The average Bonchev–Trinajstić information content (AvgIpc) is 0.918. The second-order valence-corrected chi connectivity index (χ2v) is 0.408. The Hall–Kier alpha value is -0.300. The lowest BCUT2D eigenvalue weighted by atomic mass is 10.8. The van der Waals surface area contributed by atoms with Crippen LogP contribution in [-0.2, 0) is 0 Å². The molecule has 0 saturated carbocycles. The monoisotopic (exact) mass is 75.1 g/mol. The van der Waals surface area contributed by atoms with Crippen LogP contribution < -0.4 is 6.15 Å². The minimum Gasteiger partial charge on any atom is -0.344 e. The largest absolute Gasteiger partial charge is 0.344 e. The van der Waals surface area contributed by atoms with E-state index in [9.17, 15) is 0 Å². The van der Waals surface area contributed by atoms with Gasteiger partial charge in [0.25, 0.3) is 0 Å². The maximum absolute atomic E-state index is 3.36. The summed E-state index contributed by atoms with van der Waals surface area (Å²) in [5.74, 6) is 0. The zero-order valence-electron chi connectivity index (χ0n) is 2.99. The quantitative estimate of drug-likeness (QED) is 0.439. The van der Waals surface area contributed by atoms with E-state index in [2.05, 4.69) is 6.58 Å². The molecule has 0 aromatic heterocycles. The van der Waals surface area contributed by atoms with Gasteiger partial charge in [-0.15, -0.1) is 6.58 Å². The Morgan fingerprint density at radius 3 is 1.60 bits per heavy atom. The maximum Gasteiger partial charge on any atom is -0.0473 e. The zero-order valence-corrected chi connectivity index (χ0v) is 2.99. The van der Waals surface area contributed by atoms with Gasteiger partial charge >= 0.3 is 0 Å². The third-order valence-corrected chi connectivity index (χ3v) is 0. The smallest absolute Gasteiger partial charge is 0.0473 e. The van der Waals surface area contributed by atoms with Crippen LogP contribution >= 0.6 is 0 Å².